The third kappa shape index (κ3) is 4.50. The van der Waals surface area contributed by atoms with E-state index in [1.54, 1.807) is 11.1 Å². The molecule has 0 spiro atoms. The topological polar surface area (TPSA) is 84.7 Å². The van der Waals surface area contributed by atoms with Gasteiger partial charge in [0, 0.05) is 43.9 Å². The molecule has 1 aromatic heterocycles. The van der Waals surface area contributed by atoms with Gasteiger partial charge in [-0.1, -0.05) is 0 Å². The predicted molar refractivity (Wildman–Crippen MR) is 98.7 cm³/mol. The third-order valence-corrected chi connectivity index (χ3v) is 4.91. The first-order chi connectivity index (χ1) is 11.7. The number of piperidine rings is 1. The molecule has 1 N–H and O–H groups in total. The number of carboxylic acid groups (broad SMARTS) is 1. The molecule has 0 radical (unpaired) electrons. The second-order valence-corrected chi connectivity index (χ2v) is 8.05. The van der Waals surface area contributed by atoms with Crippen LogP contribution in [0.15, 0.2) is 6.20 Å². The summed E-state index contributed by atoms with van der Waals surface area (Å²) in [5.41, 5.74) is 0.491. The summed E-state index contributed by atoms with van der Waals surface area (Å²) in [5, 5.41) is 9.22. The van der Waals surface area contributed by atoms with Crippen molar-refractivity contribution >= 4 is 24.5 Å². The van der Waals surface area contributed by atoms with Gasteiger partial charge in [-0.05, 0) is 40.0 Å². The SMILES string of the molecule is CC(C)(C)OC(=O)N1CCCC(c2ncc3n2CCC(C(=O)O)C3)C1.Cl. The van der Waals surface area contributed by atoms with E-state index in [0.29, 0.717) is 32.5 Å². The number of fused-ring (bicyclic) bond motifs is 1. The minimum Gasteiger partial charge on any atom is -0.481 e. The van der Waals surface area contributed by atoms with Crippen molar-refractivity contribution in [2.24, 2.45) is 5.92 Å². The monoisotopic (exact) mass is 385 g/mol. The maximum absolute atomic E-state index is 12.3. The third-order valence-electron chi connectivity index (χ3n) is 4.91. The fraction of sp³-hybridized carbons (Fsp3) is 0.722. The zero-order valence-corrected chi connectivity index (χ0v) is 16.4. The van der Waals surface area contributed by atoms with Crippen LogP contribution < -0.4 is 0 Å². The van der Waals surface area contributed by atoms with Crippen molar-refractivity contribution in [2.75, 3.05) is 13.1 Å². The van der Waals surface area contributed by atoms with Crippen LogP contribution in [0.1, 0.15) is 57.5 Å². The van der Waals surface area contributed by atoms with Crippen molar-refractivity contribution in [3.8, 4) is 0 Å². The van der Waals surface area contributed by atoms with E-state index in [0.717, 1.165) is 24.4 Å². The Morgan fingerprint density at radius 2 is 2.00 bits per heavy atom. The molecule has 146 valence electrons. The Morgan fingerprint density at radius 1 is 1.27 bits per heavy atom. The number of ether oxygens (including phenoxy) is 1. The quantitative estimate of drug-likeness (QED) is 0.845. The smallest absolute Gasteiger partial charge is 0.410 e. The number of hydrogen-bond donors (Lipinski definition) is 1. The average Bonchev–Trinajstić information content (AvgIpc) is 2.96. The number of rotatable bonds is 2. The number of carbonyl (C=O) groups excluding carboxylic acids is 1. The van der Waals surface area contributed by atoms with Crippen LogP contribution in [0.2, 0.25) is 0 Å². The minimum absolute atomic E-state index is 0. The van der Waals surface area contributed by atoms with E-state index in [1.165, 1.54) is 0 Å². The Labute approximate surface area is 160 Å². The molecule has 1 saturated heterocycles. The number of aromatic nitrogens is 2. The van der Waals surface area contributed by atoms with Gasteiger partial charge in [0.1, 0.15) is 11.4 Å². The number of carboxylic acids is 1. The number of halogens is 1. The summed E-state index contributed by atoms with van der Waals surface area (Å²) < 4.78 is 7.65. The number of likely N-dealkylation sites (tertiary alicyclic amines) is 1. The standard InChI is InChI=1S/C18H27N3O4.ClH/c1-18(2,3)25-17(24)20-7-4-5-13(11-20)15-19-10-14-9-12(16(22)23)6-8-21(14)15;/h10,12-13H,4-9,11H2,1-3H3,(H,22,23);1H. The van der Waals surface area contributed by atoms with E-state index in [1.807, 2.05) is 20.8 Å². The van der Waals surface area contributed by atoms with Crippen LogP contribution in [-0.4, -0.2) is 50.3 Å². The Hall–Kier alpha value is -1.76. The van der Waals surface area contributed by atoms with Crippen LogP contribution in [0.5, 0.6) is 0 Å². The Kier molecular flexibility index (Phi) is 6.21. The highest BCUT2D eigenvalue weighted by Gasteiger charge is 2.33. The Morgan fingerprint density at radius 3 is 2.65 bits per heavy atom. The first kappa shape index (κ1) is 20.6. The lowest BCUT2D eigenvalue weighted by Gasteiger charge is -2.34. The van der Waals surface area contributed by atoms with Gasteiger partial charge >= 0.3 is 12.1 Å². The van der Waals surface area contributed by atoms with Crippen molar-refractivity contribution < 1.29 is 19.4 Å². The van der Waals surface area contributed by atoms with Crippen LogP contribution in [0.4, 0.5) is 4.79 Å². The summed E-state index contributed by atoms with van der Waals surface area (Å²) in [6, 6.07) is 0. The zero-order valence-electron chi connectivity index (χ0n) is 15.6. The van der Waals surface area contributed by atoms with Crippen LogP contribution in [0.25, 0.3) is 0 Å². The highest BCUT2D eigenvalue weighted by molar-refractivity contribution is 5.85. The molecule has 7 nitrogen and oxygen atoms in total. The van der Waals surface area contributed by atoms with Crippen molar-refractivity contribution in [3.05, 3.63) is 17.7 Å². The molecule has 0 aromatic carbocycles. The second kappa shape index (κ2) is 7.86. The molecule has 3 heterocycles. The minimum atomic E-state index is -0.734. The van der Waals surface area contributed by atoms with Crippen molar-refractivity contribution in [1.82, 2.24) is 14.5 Å². The summed E-state index contributed by atoms with van der Waals surface area (Å²) in [5.74, 6) is 0.105. The summed E-state index contributed by atoms with van der Waals surface area (Å²) in [4.78, 5) is 29.9. The van der Waals surface area contributed by atoms with E-state index in [9.17, 15) is 14.7 Å². The molecule has 3 rings (SSSR count). The van der Waals surface area contributed by atoms with E-state index >= 15 is 0 Å². The molecule has 2 aliphatic rings. The van der Waals surface area contributed by atoms with Crippen LogP contribution in [0.3, 0.4) is 0 Å². The molecular formula is C18H28ClN3O4. The largest absolute Gasteiger partial charge is 0.481 e. The van der Waals surface area contributed by atoms with E-state index in [2.05, 4.69) is 9.55 Å². The van der Waals surface area contributed by atoms with Gasteiger partial charge in [-0.2, -0.15) is 0 Å². The van der Waals surface area contributed by atoms with Gasteiger partial charge < -0.3 is 19.3 Å². The normalized spacial score (nSPS) is 23.0. The molecular weight excluding hydrogens is 358 g/mol. The van der Waals surface area contributed by atoms with Gasteiger partial charge in [-0.3, -0.25) is 4.79 Å². The average molecular weight is 386 g/mol. The first-order valence-corrected chi connectivity index (χ1v) is 8.99. The maximum Gasteiger partial charge on any atom is 0.410 e. The van der Waals surface area contributed by atoms with E-state index < -0.39 is 11.6 Å². The molecule has 26 heavy (non-hydrogen) atoms. The fourth-order valence-corrected chi connectivity index (χ4v) is 3.70. The van der Waals surface area contributed by atoms with Gasteiger partial charge in [-0.15, -0.1) is 12.4 Å². The van der Waals surface area contributed by atoms with E-state index in [-0.39, 0.29) is 30.3 Å². The van der Waals surface area contributed by atoms with Gasteiger partial charge in [0.2, 0.25) is 0 Å². The van der Waals surface area contributed by atoms with Crippen LogP contribution in [-0.2, 0) is 22.5 Å². The number of aliphatic carboxylic acids is 1. The molecule has 0 saturated carbocycles. The first-order valence-electron chi connectivity index (χ1n) is 8.99. The maximum atomic E-state index is 12.3. The number of carbonyl (C=O) groups is 2. The summed E-state index contributed by atoms with van der Waals surface area (Å²) in [6.45, 7) is 7.61. The van der Waals surface area contributed by atoms with E-state index in [4.69, 9.17) is 4.74 Å². The van der Waals surface area contributed by atoms with Gasteiger partial charge in [-0.25, -0.2) is 9.78 Å². The summed E-state index contributed by atoms with van der Waals surface area (Å²) >= 11 is 0. The van der Waals surface area contributed by atoms with Crippen LogP contribution in [0, 0.1) is 5.92 Å². The molecule has 2 atom stereocenters. The number of hydrogen-bond acceptors (Lipinski definition) is 4. The molecule has 1 amide bonds. The lowest BCUT2D eigenvalue weighted by molar-refractivity contribution is -0.142. The molecule has 1 aromatic rings. The molecule has 8 heteroatoms. The Bertz CT molecular complexity index is 668. The molecule has 1 fully saturated rings. The molecule has 2 aliphatic heterocycles. The highest BCUT2D eigenvalue weighted by Crippen LogP contribution is 2.31. The van der Waals surface area contributed by atoms with Crippen molar-refractivity contribution in [3.63, 3.8) is 0 Å². The van der Waals surface area contributed by atoms with Gasteiger partial charge in [0.15, 0.2) is 0 Å². The van der Waals surface area contributed by atoms with Gasteiger partial charge in [0.25, 0.3) is 0 Å². The van der Waals surface area contributed by atoms with Crippen molar-refractivity contribution in [1.29, 1.82) is 0 Å². The van der Waals surface area contributed by atoms with Gasteiger partial charge in [0.05, 0.1) is 5.92 Å². The lowest BCUT2D eigenvalue weighted by atomic mass is 9.94. The summed E-state index contributed by atoms with van der Waals surface area (Å²) in [6.07, 6.45) is 4.60. The lowest BCUT2D eigenvalue weighted by Crippen LogP contribution is -2.42. The zero-order chi connectivity index (χ0) is 18.2. The van der Waals surface area contributed by atoms with Crippen LogP contribution >= 0.6 is 12.4 Å². The molecule has 0 bridgehead atoms. The second-order valence-electron chi connectivity index (χ2n) is 8.05. The fourth-order valence-electron chi connectivity index (χ4n) is 3.70. The highest BCUT2D eigenvalue weighted by atomic mass is 35.5. The number of nitrogens with zero attached hydrogens (tertiary/aromatic N) is 3. The molecule has 2 unspecified atom stereocenters. The van der Waals surface area contributed by atoms with Crippen molar-refractivity contribution in [2.45, 2.75) is 64.5 Å². The Balaban J connectivity index is 0.00000243. The molecule has 0 aliphatic carbocycles. The number of amides is 1. The summed E-state index contributed by atoms with van der Waals surface area (Å²) in [7, 11) is 0. The predicted octanol–water partition coefficient (Wildman–Crippen LogP) is 3.07. The number of imidazole rings is 1.